The number of carbonyl (C=O) groups is 1. The highest BCUT2D eigenvalue weighted by Crippen LogP contribution is 2.26. The summed E-state index contributed by atoms with van der Waals surface area (Å²) in [7, 11) is 0. The molecule has 0 aromatic heterocycles. The standard InChI is InChI=1S/C12H18O2/c1-3-6-12(13)14-11-8-5-7-10(4-2)9-11/h3-4,6,10-11H,2,5,7-9H2,1H3. The van der Waals surface area contributed by atoms with Gasteiger partial charge >= 0.3 is 5.97 Å². The molecule has 0 bridgehead atoms. The third-order valence-electron chi connectivity index (χ3n) is 2.59. The zero-order chi connectivity index (χ0) is 10.4. The Labute approximate surface area is 85.6 Å². The minimum atomic E-state index is -0.220. The van der Waals surface area contributed by atoms with Crippen molar-refractivity contribution in [2.75, 3.05) is 0 Å². The number of ether oxygens (including phenoxy) is 1. The lowest BCUT2D eigenvalue weighted by Crippen LogP contribution is -2.24. The van der Waals surface area contributed by atoms with E-state index in [1.165, 1.54) is 12.5 Å². The quantitative estimate of drug-likeness (QED) is 0.392. The first-order valence-electron chi connectivity index (χ1n) is 5.22. The van der Waals surface area contributed by atoms with Crippen LogP contribution in [0.5, 0.6) is 0 Å². The molecular weight excluding hydrogens is 176 g/mol. The number of carbonyl (C=O) groups excluding carboxylic acids is 1. The molecule has 0 heterocycles. The van der Waals surface area contributed by atoms with E-state index in [4.69, 9.17) is 4.74 Å². The lowest BCUT2D eigenvalue weighted by atomic mass is 9.87. The van der Waals surface area contributed by atoms with Crippen molar-refractivity contribution in [2.24, 2.45) is 5.92 Å². The highest BCUT2D eigenvalue weighted by molar-refractivity contribution is 5.81. The second-order valence-electron chi connectivity index (χ2n) is 3.72. The van der Waals surface area contributed by atoms with E-state index in [-0.39, 0.29) is 12.1 Å². The molecule has 0 N–H and O–H groups in total. The molecule has 1 saturated carbocycles. The van der Waals surface area contributed by atoms with Gasteiger partial charge in [-0.15, -0.1) is 6.58 Å². The van der Waals surface area contributed by atoms with E-state index in [9.17, 15) is 4.79 Å². The van der Waals surface area contributed by atoms with Crippen LogP contribution in [-0.4, -0.2) is 12.1 Å². The number of hydrogen-bond donors (Lipinski definition) is 0. The fourth-order valence-electron chi connectivity index (χ4n) is 1.84. The molecule has 2 unspecified atom stereocenters. The topological polar surface area (TPSA) is 26.3 Å². The second-order valence-corrected chi connectivity index (χ2v) is 3.72. The number of hydrogen-bond acceptors (Lipinski definition) is 2. The third kappa shape index (κ3) is 3.36. The van der Waals surface area contributed by atoms with E-state index in [1.54, 1.807) is 6.08 Å². The van der Waals surface area contributed by atoms with Crippen molar-refractivity contribution < 1.29 is 9.53 Å². The number of allylic oxidation sites excluding steroid dienone is 2. The van der Waals surface area contributed by atoms with Crippen LogP contribution in [-0.2, 0) is 9.53 Å². The molecule has 0 spiro atoms. The average Bonchev–Trinajstić information content (AvgIpc) is 2.18. The van der Waals surface area contributed by atoms with Crippen LogP contribution in [0.15, 0.2) is 24.8 Å². The van der Waals surface area contributed by atoms with Gasteiger partial charge in [0.25, 0.3) is 0 Å². The Morgan fingerprint density at radius 2 is 2.29 bits per heavy atom. The van der Waals surface area contributed by atoms with Crippen LogP contribution < -0.4 is 0 Å². The molecule has 0 radical (unpaired) electrons. The van der Waals surface area contributed by atoms with E-state index in [2.05, 4.69) is 6.58 Å². The maximum Gasteiger partial charge on any atom is 0.330 e. The minimum Gasteiger partial charge on any atom is -0.459 e. The lowest BCUT2D eigenvalue weighted by molar-refractivity contribution is -0.144. The summed E-state index contributed by atoms with van der Waals surface area (Å²) in [5.74, 6) is 0.300. The summed E-state index contributed by atoms with van der Waals surface area (Å²) in [5.41, 5.74) is 0. The molecule has 78 valence electrons. The van der Waals surface area contributed by atoms with Crippen molar-refractivity contribution in [3.8, 4) is 0 Å². The molecule has 2 atom stereocenters. The lowest BCUT2D eigenvalue weighted by Gasteiger charge is -2.26. The normalized spacial score (nSPS) is 27.5. The molecule has 1 fully saturated rings. The van der Waals surface area contributed by atoms with Crippen LogP contribution in [0.25, 0.3) is 0 Å². The molecule has 1 aliphatic carbocycles. The molecule has 0 aromatic carbocycles. The summed E-state index contributed by atoms with van der Waals surface area (Å²) < 4.78 is 5.29. The maximum absolute atomic E-state index is 11.2. The van der Waals surface area contributed by atoms with Crippen LogP contribution in [0.3, 0.4) is 0 Å². The van der Waals surface area contributed by atoms with Gasteiger partial charge < -0.3 is 4.74 Å². The monoisotopic (exact) mass is 194 g/mol. The number of rotatable bonds is 3. The van der Waals surface area contributed by atoms with Gasteiger partial charge in [-0.05, 0) is 38.5 Å². The zero-order valence-corrected chi connectivity index (χ0v) is 8.74. The highest BCUT2D eigenvalue weighted by atomic mass is 16.5. The van der Waals surface area contributed by atoms with Crippen molar-refractivity contribution in [1.82, 2.24) is 0 Å². The van der Waals surface area contributed by atoms with Gasteiger partial charge in [-0.25, -0.2) is 4.79 Å². The molecule has 0 aliphatic heterocycles. The highest BCUT2D eigenvalue weighted by Gasteiger charge is 2.22. The number of esters is 1. The molecule has 0 aromatic rings. The summed E-state index contributed by atoms with van der Waals surface area (Å²) in [5, 5.41) is 0. The van der Waals surface area contributed by atoms with Crippen molar-refractivity contribution >= 4 is 5.97 Å². The third-order valence-corrected chi connectivity index (χ3v) is 2.59. The van der Waals surface area contributed by atoms with Crippen LogP contribution >= 0.6 is 0 Å². The van der Waals surface area contributed by atoms with Gasteiger partial charge in [0.2, 0.25) is 0 Å². The summed E-state index contributed by atoms with van der Waals surface area (Å²) in [4.78, 5) is 11.2. The van der Waals surface area contributed by atoms with Crippen molar-refractivity contribution in [1.29, 1.82) is 0 Å². The maximum atomic E-state index is 11.2. The van der Waals surface area contributed by atoms with Gasteiger partial charge in [0.15, 0.2) is 0 Å². The Kier molecular flexibility index (Phi) is 4.44. The van der Waals surface area contributed by atoms with Gasteiger partial charge in [0.1, 0.15) is 6.10 Å². The summed E-state index contributed by atoms with van der Waals surface area (Å²) in [6.07, 6.45) is 9.48. The van der Waals surface area contributed by atoms with Crippen molar-refractivity contribution in [3.05, 3.63) is 24.8 Å². The molecule has 1 rings (SSSR count). The van der Waals surface area contributed by atoms with Gasteiger partial charge in [0, 0.05) is 6.08 Å². The first-order valence-corrected chi connectivity index (χ1v) is 5.22. The van der Waals surface area contributed by atoms with Crippen molar-refractivity contribution in [3.63, 3.8) is 0 Å². The molecule has 14 heavy (non-hydrogen) atoms. The van der Waals surface area contributed by atoms with Crippen LogP contribution in [0.1, 0.15) is 32.6 Å². The first kappa shape index (κ1) is 11.0. The fraction of sp³-hybridized carbons (Fsp3) is 0.583. The molecule has 2 nitrogen and oxygen atoms in total. The summed E-state index contributed by atoms with van der Waals surface area (Å²) in [6, 6.07) is 0. The predicted octanol–water partition coefficient (Wildman–Crippen LogP) is 2.85. The Hall–Kier alpha value is -1.05. The van der Waals surface area contributed by atoms with E-state index in [1.807, 2.05) is 13.0 Å². The van der Waals surface area contributed by atoms with Gasteiger partial charge in [-0.1, -0.05) is 12.2 Å². The molecule has 0 saturated heterocycles. The van der Waals surface area contributed by atoms with Crippen molar-refractivity contribution in [2.45, 2.75) is 38.7 Å². The fourth-order valence-corrected chi connectivity index (χ4v) is 1.84. The van der Waals surface area contributed by atoms with Crippen LogP contribution in [0.2, 0.25) is 0 Å². The predicted molar refractivity (Wildman–Crippen MR) is 56.8 cm³/mol. The van der Waals surface area contributed by atoms with E-state index in [0.717, 1.165) is 19.3 Å². The Morgan fingerprint density at radius 1 is 1.50 bits per heavy atom. The Bertz CT molecular complexity index is 230. The van der Waals surface area contributed by atoms with Gasteiger partial charge in [-0.2, -0.15) is 0 Å². The Morgan fingerprint density at radius 3 is 2.93 bits per heavy atom. The SMILES string of the molecule is C=CC1CCCC(OC(=O)C=CC)C1. The van der Waals surface area contributed by atoms with E-state index < -0.39 is 0 Å². The largest absolute Gasteiger partial charge is 0.459 e. The van der Waals surface area contributed by atoms with E-state index >= 15 is 0 Å². The van der Waals surface area contributed by atoms with E-state index in [0.29, 0.717) is 5.92 Å². The molecular formula is C12H18O2. The molecule has 0 amide bonds. The van der Waals surface area contributed by atoms with Crippen LogP contribution in [0, 0.1) is 5.92 Å². The average molecular weight is 194 g/mol. The first-order chi connectivity index (χ1) is 6.76. The molecule has 1 aliphatic rings. The second kappa shape index (κ2) is 5.63. The van der Waals surface area contributed by atoms with Gasteiger partial charge in [-0.3, -0.25) is 0 Å². The summed E-state index contributed by atoms with van der Waals surface area (Å²) in [6.45, 7) is 5.59. The van der Waals surface area contributed by atoms with Crippen LogP contribution in [0.4, 0.5) is 0 Å². The molecule has 2 heteroatoms. The van der Waals surface area contributed by atoms with Gasteiger partial charge in [0.05, 0.1) is 0 Å². The smallest absolute Gasteiger partial charge is 0.330 e. The summed E-state index contributed by atoms with van der Waals surface area (Å²) >= 11 is 0. The minimum absolute atomic E-state index is 0.0930. The zero-order valence-electron chi connectivity index (χ0n) is 8.74. The Balaban J connectivity index is 2.37.